The molecule has 1 aliphatic carbocycles. The molecule has 1 N–H and O–H groups in total. The van der Waals surface area contributed by atoms with Gasteiger partial charge in [-0.05, 0) is 57.1 Å². The van der Waals surface area contributed by atoms with Crippen molar-refractivity contribution >= 4 is 0 Å². The van der Waals surface area contributed by atoms with E-state index in [2.05, 4.69) is 43.4 Å². The molecule has 0 aliphatic heterocycles. The summed E-state index contributed by atoms with van der Waals surface area (Å²) in [5.41, 5.74) is 2.84. The van der Waals surface area contributed by atoms with Crippen LogP contribution in [0.5, 0.6) is 0 Å². The van der Waals surface area contributed by atoms with Crippen LogP contribution in [0.25, 0.3) is 0 Å². The molecule has 1 unspecified atom stereocenters. The summed E-state index contributed by atoms with van der Waals surface area (Å²) in [6.07, 6.45) is 6.66. The van der Waals surface area contributed by atoms with Gasteiger partial charge >= 0.3 is 0 Å². The standard InChI is InChI=1S/C16H25N/c1-13-3-6-15(7-4-13)8-5-14(2)11-12-17-16-9-10-16/h3-4,6-7,14,16-17H,5,8-12H2,1-2H3. The number of aryl methyl sites for hydroxylation is 2. The molecule has 1 heteroatoms. The SMILES string of the molecule is Cc1ccc(CCC(C)CCNC2CC2)cc1. The Morgan fingerprint density at radius 3 is 2.53 bits per heavy atom. The predicted molar refractivity (Wildman–Crippen MR) is 74.3 cm³/mol. The molecule has 17 heavy (non-hydrogen) atoms. The van der Waals surface area contributed by atoms with Crippen LogP contribution in [-0.2, 0) is 6.42 Å². The third kappa shape index (κ3) is 4.91. The molecule has 1 nitrogen and oxygen atoms in total. The van der Waals surface area contributed by atoms with E-state index in [4.69, 9.17) is 0 Å². The van der Waals surface area contributed by atoms with E-state index in [9.17, 15) is 0 Å². The molecule has 94 valence electrons. The van der Waals surface area contributed by atoms with Crippen LogP contribution in [0.2, 0.25) is 0 Å². The maximum atomic E-state index is 3.59. The third-order valence-electron chi connectivity index (χ3n) is 3.69. The Bertz CT molecular complexity index is 324. The van der Waals surface area contributed by atoms with Gasteiger partial charge in [-0.15, -0.1) is 0 Å². The minimum atomic E-state index is 0.836. The van der Waals surface area contributed by atoms with E-state index in [1.165, 1.54) is 49.8 Å². The first-order chi connectivity index (χ1) is 8.24. The molecule has 0 heterocycles. The fourth-order valence-electron chi connectivity index (χ4n) is 2.13. The van der Waals surface area contributed by atoms with Crippen LogP contribution < -0.4 is 5.32 Å². The van der Waals surface area contributed by atoms with Gasteiger partial charge < -0.3 is 5.32 Å². The topological polar surface area (TPSA) is 12.0 Å². The Morgan fingerprint density at radius 1 is 1.18 bits per heavy atom. The maximum absolute atomic E-state index is 3.59. The summed E-state index contributed by atoms with van der Waals surface area (Å²) in [6.45, 7) is 5.73. The van der Waals surface area contributed by atoms with Gasteiger partial charge in [0.05, 0.1) is 0 Å². The van der Waals surface area contributed by atoms with Crippen LogP contribution in [0, 0.1) is 12.8 Å². The lowest BCUT2D eigenvalue weighted by Gasteiger charge is -2.11. The van der Waals surface area contributed by atoms with Crippen molar-refractivity contribution in [1.82, 2.24) is 5.32 Å². The molecular formula is C16H25N. The van der Waals surface area contributed by atoms with Gasteiger partial charge in [-0.1, -0.05) is 36.8 Å². The van der Waals surface area contributed by atoms with Gasteiger partial charge in [-0.2, -0.15) is 0 Å². The number of hydrogen-bond acceptors (Lipinski definition) is 1. The molecule has 1 aromatic carbocycles. The zero-order valence-electron chi connectivity index (χ0n) is 11.2. The molecule has 0 spiro atoms. The van der Waals surface area contributed by atoms with Gasteiger partial charge in [0.1, 0.15) is 0 Å². The molecule has 1 aromatic rings. The highest BCUT2D eigenvalue weighted by Crippen LogP contribution is 2.19. The lowest BCUT2D eigenvalue weighted by atomic mass is 9.98. The van der Waals surface area contributed by atoms with Crippen molar-refractivity contribution in [2.75, 3.05) is 6.54 Å². The number of nitrogens with one attached hydrogen (secondary N) is 1. The van der Waals surface area contributed by atoms with Crippen LogP contribution >= 0.6 is 0 Å². The third-order valence-corrected chi connectivity index (χ3v) is 3.69. The average Bonchev–Trinajstić information content (AvgIpc) is 3.12. The second-order valence-electron chi connectivity index (χ2n) is 5.65. The maximum Gasteiger partial charge on any atom is 0.00682 e. The zero-order chi connectivity index (χ0) is 12.1. The van der Waals surface area contributed by atoms with E-state index in [1.54, 1.807) is 0 Å². The van der Waals surface area contributed by atoms with Gasteiger partial charge in [0, 0.05) is 6.04 Å². The normalized spacial score (nSPS) is 17.1. The smallest absolute Gasteiger partial charge is 0.00682 e. The first kappa shape index (κ1) is 12.6. The quantitative estimate of drug-likeness (QED) is 0.754. The molecule has 0 amide bonds. The molecule has 2 rings (SSSR count). The number of benzene rings is 1. The van der Waals surface area contributed by atoms with Gasteiger partial charge in [0.15, 0.2) is 0 Å². The summed E-state index contributed by atoms with van der Waals surface area (Å²) in [6, 6.07) is 9.83. The highest BCUT2D eigenvalue weighted by Gasteiger charge is 2.19. The van der Waals surface area contributed by atoms with Crippen molar-refractivity contribution < 1.29 is 0 Å². The largest absolute Gasteiger partial charge is 0.314 e. The number of rotatable bonds is 7. The Kier molecular flexibility index (Phi) is 4.61. The summed E-state index contributed by atoms with van der Waals surface area (Å²) in [5.74, 6) is 0.836. The van der Waals surface area contributed by atoms with E-state index >= 15 is 0 Å². The van der Waals surface area contributed by atoms with E-state index in [0.717, 1.165) is 12.0 Å². The van der Waals surface area contributed by atoms with Crippen LogP contribution in [0.15, 0.2) is 24.3 Å². The Labute approximate surface area is 106 Å². The lowest BCUT2D eigenvalue weighted by molar-refractivity contribution is 0.469. The molecular weight excluding hydrogens is 206 g/mol. The molecule has 1 aliphatic rings. The van der Waals surface area contributed by atoms with E-state index in [-0.39, 0.29) is 0 Å². The first-order valence-electron chi connectivity index (χ1n) is 7.03. The Morgan fingerprint density at radius 2 is 1.88 bits per heavy atom. The Balaban J connectivity index is 1.60. The van der Waals surface area contributed by atoms with Crippen LogP contribution in [0.4, 0.5) is 0 Å². The van der Waals surface area contributed by atoms with E-state index in [1.807, 2.05) is 0 Å². The number of hydrogen-bond donors (Lipinski definition) is 1. The summed E-state index contributed by atoms with van der Waals surface area (Å²) in [5, 5.41) is 3.59. The van der Waals surface area contributed by atoms with Crippen molar-refractivity contribution in [2.45, 2.75) is 52.0 Å². The highest BCUT2D eigenvalue weighted by atomic mass is 14.9. The molecule has 1 fully saturated rings. The summed E-state index contributed by atoms with van der Waals surface area (Å²) in [7, 11) is 0. The fraction of sp³-hybridized carbons (Fsp3) is 0.625. The minimum Gasteiger partial charge on any atom is -0.314 e. The van der Waals surface area contributed by atoms with E-state index in [0.29, 0.717) is 0 Å². The van der Waals surface area contributed by atoms with Crippen molar-refractivity contribution in [2.24, 2.45) is 5.92 Å². The summed E-state index contributed by atoms with van der Waals surface area (Å²) in [4.78, 5) is 0. The molecule has 1 saturated carbocycles. The summed E-state index contributed by atoms with van der Waals surface area (Å²) >= 11 is 0. The van der Waals surface area contributed by atoms with Crippen molar-refractivity contribution in [1.29, 1.82) is 0 Å². The molecule has 0 saturated heterocycles. The van der Waals surface area contributed by atoms with Gasteiger partial charge in [0.2, 0.25) is 0 Å². The average molecular weight is 231 g/mol. The summed E-state index contributed by atoms with van der Waals surface area (Å²) < 4.78 is 0. The molecule has 0 radical (unpaired) electrons. The van der Waals surface area contributed by atoms with Gasteiger partial charge in [-0.3, -0.25) is 0 Å². The van der Waals surface area contributed by atoms with Crippen molar-refractivity contribution in [3.05, 3.63) is 35.4 Å². The van der Waals surface area contributed by atoms with E-state index < -0.39 is 0 Å². The van der Waals surface area contributed by atoms with Crippen LogP contribution in [0.1, 0.15) is 43.7 Å². The predicted octanol–water partition coefficient (Wildman–Crippen LogP) is 3.71. The van der Waals surface area contributed by atoms with Gasteiger partial charge in [0.25, 0.3) is 0 Å². The molecule has 1 atom stereocenters. The second kappa shape index (κ2) is 6.20. The second-order valence-corrected chi connectivity index (χ2v) is 5.65. The monoisotopic (exact) mass is 231 g/mol. The molecule has 0 bridgehead atoms. The Hall–Kier alpha value is -0.820. The van der Waals surface area contributed by atoms with Gasteiger partial charge in [-0.25, -0.2) is 0 Å². The highest BCUT2D eigenvalue weighted by molar-refractivity contribution is 5.21. The first-order valence-corrected chi connectivity index (χ1v) is 7.03. The van der Waals surface area contributed by atoms with Crippen molar-refractivity contribution in [3.63, 3.8) is 0 Å². The minimum absolute atomic E-state index is 0.836. The van der Waals surface area contributed by atoms with Crippen LogP contribution in [0.3, 0.4) is 0 Å². The molecule has 0 aromatic heterocycles. The fourth-order valence-corrected chi connectivity index (χ4v) is 2.13. The van der Waals surface area contributed by atoms with Crippen molar-refractivity contribution in [3.8, 4) is 0 Å². The zero-order valence-corrected chi connectivity index (χ0v) is 11.2. The van der Waals surface area contributed by atoms with Crippen LogP contribution in [-0.4, -0.2) is 12.6 Å². The lowest BCUT2D eigenvalue weighted by Crippen LogP contribution is -2.19.